The van der Waals surface area contributed by atoms with Crippen LogP contribution in [0.3, 0.4) is 0 Å². The summed E-state index contributed by atoms with van der Waals surface area (Å²) in [5.74, 6) is -1.39. The maximum absolute atomic E-state index is 12.8. The predicted octanol–water partition coefficient (Wildman–Crippen LogP) is 4.06. The molecule has 2 aromatic carbocycles. The molecule has 0 saturated carbocycles. The zero-order chi connectivity index (χ0) is 20.3. The van der Waals surface area contributed by atoms with Gasteiger partial charge < -0.3 is 14.7 Å². The van der Waals surface area contributed by atoms with Gasteiger partial charge in [-0.05, 0) is 53.6 Å². The monoisotopic (exact) mass is 491 g/mol. The first kappa shape index (κ1) is 20.5. The fourth-order valence-corrected chi connectivity index (χ4v) is 3.71. The van der Waals surface area contributed by atoms with Crippen molar-refractivity contribution in [3.63, 3.8) is 0 Å². The van der Waals surface area contributed by atoms with Crippen LogP contribution in [0.15, 0.2) is 54.1 Å². The van der Waals surface area contributed by atoms with E-state index in [4.69, 9.17) is 4.74 Å². The fraction of sp³-hybridized carbons (Fsp3) is 0.273. The lowest BCUT2D eigenvalue weighted by molar-refractivity contribution is -0.140. The lowest BCUT2D eigenvalue weighted by Gasteiger charge is -2.25. The number of likely N-dealkylation sites (tertiary alicyclic amines) is 1. The molecule has 3 rings (SSSR count). The number of amides is 1. The maximum Gasteiger partial charge on any atom is 0.295 e. The number of hydrogen-bond donors (Lipinski definition) is 1. The molecule has 146 valence electrons. The first-order valence-electron chi connectivity index (χ1n) is 9.04. The number of nitrogens with zero attached hydrogens (tertiary/aromatic N) is 1. The number of carbonyl (C=O) groups is 2. The number of rotatable bonds is 6. The van der Waals surface area contributed by atoms with Crippen molar-refractivity contribution in [3.8, 4) is 0 Å². The van der Waals surface area contributed by atoms with Gasteiger partial charge in [0.2, 0.25) is 0 Å². The van der Waals surface area contributed by atoms with Gasteiger partial charge in [0.25, 0.3) is 11.7 Å². The molecule has 1 heterocycles. The van der Waals surface area contributed by atoms with Crippen molar-refractivity contribution >= 4 is 40.0 Å². The number of aryl methyl sites for hydroxylation is 1. The minimum Gasteiger partial charge on any atom is -0.507 e. The summed E-state index contributed by atoms with van der Waals surface area (Å²) in [5.41, 5.74) is 2.50. The van der Waals surface area contributed by atoms with Crippen LogP contribution >= 0.6 is 22.6 Å². The summed E-state index contributed by atoms with van der Waals surface area (Å²) >= 11 is 2.21. The van der Waals surface area contributed by atoms with E-state index in [-0.39, 0.29) is 11.3 Å². The topological polar surface area (TPSA) is 66.8 Å². The average Bonchev–Trinajstić information content (AvgIpc) is 2.94. The lowest BCUT2D eigenvalue weighted by Crippen LogP contribution is -2.31. The molecule has 1 saturated heterocycles. The van der Waals surface area contributed by atoms with Crippen molar-refractivity contribution < 1.29 is 19.4 Å². The Hall–Kier alpha value is -2.19. The van der Waals surface area contributed by atoms with Crippen LogP contribution in [0.5, 0.6) is 0 Å². The molecule has 1 N–H and O–H groups in total. The van der Waals surface area contributed by atoms with E-state index in [0.29, 0.717) is 25.1 Å². The van der Waals surface area contributed by atoms with Crippen molar-refractivity contribution in [1.82, 2.24) is 4.90 Å². The van der Waals surface area contributed by atoms with Gasteiger partial charge in [0, 0.05) is 29.4 Å². The van der Waals surface area contributed by atoms with Gasteiger partial charge in [0.15, 0.2) is 0 Å². The maximum atomic E-state index is 12.8. The van der Waals surface area contributed by atoms with Crippen molar-refractivity contribution in [1.29, 1.82) is 0 Å². The van der Waals surface area contributed by atoms with Crippen molar-refractivity contribution in [2.24, 2.45) is 0 Å². The number of methoxy groups -OCH3 is 1. The van der Waals surface area contributed by atoms with Gasteiger partial charge in [-0.1, -0.05) is 42.0 Å². The second-order valence-electron chi connectivity index (χ2n) is 6.76. The van der Waals surface area contributed by atoms with Crippen molar-refractivity contribution in [2.45, 2.75) is 19.4 Å². The molecular formula is C22H22INO4. The Kier molecular flexibility index (Phi) is 6.51. The highest BCUT2D eigenvalue weighted by atomic mass is 127. The van der Waals surface area contributed by atoms with Gasteiger partial charge >= 0.3 is 0 Å². The molecule has 0 bridgehead atoms. The minimum atomic E-state index is -0.654. The molecule has 1 fully saturated rings. The molecule has 28 heavy (non-hydrogen) atoms. The second-order valence-corrected chi connectivity index (χ2v) is 8.00. The van der Waals surface area contributed by atoms with Gasteiger partial charge in [-0.25, -0.2) is 0 Å². The Balaban J connectivity index is 2.10. The second kappa shape index (κ2) is 8.87. The Bertz CT molecular complexity index is 903. The molecule has 1 aliphatic heterocycles. The van der Waals surface area contributed by atoms with Crippen LogP contribution in [0.25, 0.3) is 5.76 Å². The van der Waals surface area contributed by atoms with Gasteiger partial charge in [-0.15, -0.1) is 0 Å². The molecule has 2 aromatic rings. The van der Waals surface area contributed by atoms with Crippen LogP contribution in [0.1, 0.15) is 29.2 Å². The minimum absolute atomic E-state index is 0.132. The summed E-state index contributed by atoms with van der Waals surface area (Å²) in [6.45, 7) is 2.81. The summed E-state index contributed by atoms with van der Waals surface area (Å²) in [6.07, 6.45) is 0.606. The molecular weight excluding hydrogens is 469 g/mol. The SMILES string of the molecule is COCCCN1C(=O)C(=O)C(=C(O)c2ccc(C)cc2)[C@@H]1c1ccc(I)cc1. The molecule has 0 aliphatic carbocycles. The Morgan fingerprint density at radius 3 is 2.36 bits per heavy atom. The molecule has 5 nitrogen and oxygen atoms in total. The number of hydrogen-bond acceptors (Lipinski definition) is 4. The first-order chi connectivity index (χ1) is 13.4. The predicted molar refractivity (Wildman–Crippen MR) is 116 cm³/mol. The summed E-state index contributed by atoms with van der Waals surface area (Å²) in [4.78, 5) is 27.1. The van der Waals surface area contributed by atoms with Crippen LogP contribution < -0.4 is 0 Å². The molecule has 1 aliphatic rings. The molecule has 0 unspecified atom stereocenters. The average molecular weight is 491 g/mol. The highest BCUT2D eigenvalue weighted by Gasteiger charge is 2.45. The zero-order valence-corrected chi connectivity index (χ0v) is 18.0. The van der Waals surface area contributed by atoms with E-state index < -0.39 is 17.7 Å². The van der Waals surface area contributed by atoms with Gasteiger partial charge in [0.1, 0.15) is 5.76 Å². The highest BCUT2D eigenvalue weighted by Crippen LogP contribution is 2.39. The van der Waals surface area contributed by atoms with E-state index >= 15 is 0 Å². The van der Waals surface area contributed by atoms with E-state index in [0.717, 1.165) is 14.7 Å². The van der Waals surface area contributed by atoms with Crippen LogP contribution in [0.2, 0.25) is 0 Å². The largest absolute Gasteiger partial charge is 0.507 e. The quantitative estimate of drug-likeness (QED) is 0.218. The molecule has 1 amide bonds. The number of ether oxygens (including phenoxy) is 1. The molecule has 0 spiro atoms. The zero-order valence-electron chi connectivity index (χ0n) is 15.8. The highest BCUT2D eigenvalue weighted by molar-refractivity contribution is 14.1. The van der Waals surface area contributed by atoms with E-state index in [9.17, 15) is 14.7 Å². The summed E-state index contributed by atoms with van der Waals surface area (Å²) in [7, 11) is 1.60. The summed E-state index contributed by atoms with van der Waals surface area (Å²) in [5, 5.41) is 10.9. The molecule has 6 heteroatoms. The number of ketones is 1. The van der Waals surface area contributed by atoms with Crippen LogP contribution in [0.4, 0.5) is 0 Å². The smallest absolute Gasteiger partial charge is 0.295 e. The number of aliphatic hydroxyl groups is 1. The van der Waals surface area contributed by atoms with E-state index in [1.165, 1.54) is 4.90 Å². The number of benzene rings is 2. The van der Waals surface area contributed by atoms with E-state index in [1.54, 1.807) is 19.2 Å². The third-order valence-electron chi connectivity index (χ3n) is 4.80. The van der Waals surface area contributed by atoms with E-state index in [1.807, 2.05) is 43.3 Å². The molecule has 0 aromatic heterocycles. The van der Waals surface area contributed by atoms with Crippen LogP contribution in [0, 0.1) is 10.5 Å². The third-order valence-corrected chi connectivity index (χ3v) is 5.52. The standard InChI is InChI=1S/C22H22INO4/c1-14-4-6-16(7-5-14)20(25)18-19(15-8-10-17(23)11-9-15)24(12-3-13-28-2)22(27)21(18)26/h4-11,19,25H,3,12-13H2,1-2H3/t19-/m0/s1. The summed E-state index contributed by atoms with van der Waals surface area (Å²) in [6, 6.07) is 14.3. The van der Waals surface area contributed by atoms with Gasteiger partial charge in [0.05, 0.1) is 11.6 Å². The normalized spacial score (nSPS) is 18.7. The number of Topliss-reactive ketones (excluding diaryl/α,β-unsaturated/α-hetero) is 1. The third kappa shape index (κ3) is 4.12. The van der Waals surface area contributed by atoms with Crippen LogP contribution in [-0.2, 0) is 14.3 Å². The number of halogens is 1. The Morgan fingerprint density at radius 2 is 1.75 bits per heavy atom. The lowest BCUT2D eigenvalue weighted by atomic mass is 9.95. The molecule has 0 radical (unpaired) electrons. The van der Waals surface area contributed by atoms with Crippen LogP contribution in [-0.4, -0.2) is 42.0 Å². The fourth-order valence-electron chi connectivity index (χ4n) is 3.35. The Labute approximate surface area is 178 Å². The van der Waals surface area contributed by atoms with Crippen molar-refractivity contribution in [3.05, 3.63) is 74.4 Å². The Morgan fingerprint density at radius 1 is 1.11 bits per heavy atom. The summed E-state index contributed by atoms with van der Waals surface area (Å²) < 4.78 is 6.14. The first-order valence-corrected chi connectivity index (χ1v) is 10.1. The van der Waals surface area contributed by atoms with Gasteiger partial charge in [-0.3, -0.25) is 9.59 Å². The van der Waals surface area contributed by atoms with Crippen molar-refractivity contribution in [2.75, 3.05) is 20.3 Å². The van der Waals surface area contributed by atoms with E-state index in [2.05, 4.69) is 22.6 Å². The number of carbonyl (C=O) groups excluding carboxylic acids is 2. The molecule has 1 atom stereocenters. The van der Waals surface area contributed by atoms with Gasteiger partial charge in [-0.2, -0.15) is 0 Å². The number of aliphatic hydroxyl groups excluding tert-OH is 1.